The summed E-state index contributed by atoms with van der Waals surface area (Å²) in [6.07, 6.45) is -5.57. The molecule has 0 amide bonds. The first kappa shape index (κ1) is 16.0. The summed E-state index contributed by atoms with van der Waals surface area (Å²) in [5, 5.41) is 0. The third-order valence-electron chi connectivity index (χ3n) is 2.89. The van der Waals surface area contributed by atoms with Crippen LogP contribution in [-0.2, 0) is 4.74 Å². The molecule has 2 atom stereocenters. The maximum Gasteiger partial charge on any atom is 0.391 e. The third kappa shape index (κ3) is 5.61. The van der Waals surface area contributed by atoms with Crippen molar-refractivity contribution in [1.82, 2.24) is 0 Å². The average molecular weight is 275 g/mol. The Morgan fingerprint density at radius 2 is 1.74 bits per heavy atom. The Balaban J connectivity index is 2.62. The zero-order valence-electron chi connectivity index (χ0n) is 11.2. The number of hydrogen-bond donors (Lipinski definition) is 1. The van der Waals surface area contributed by atoms with E-state index in [0.29, 0.717) is 0 Å². The van der Waals surface area contributed by atoms with Crippen LogP contribution < -0.4 is 5.73 Å². The molecular weight excluding hydrogens is 255 g/mol. The van der Waals surface area contributed by atoms with E-state index in [-0.39, 0.29) is 12.5 Å². The highest BCUT2D eigenvalue weighted by molar-refractivity contribution is 5.19. The van der Waals surface area contributed by atoms with Crippen LogP contribution in [0.1, 0.15) is 31.9 Å². The summed E-state index contributed by atoms with van der Waals surface area (Å²) < 4.78 is 41.7. The average Bonchev–Trinajstić information content (AvgIpc) is 2.33. The van der Waals surface area contributed by atoms with Gasteiger partial charge in [-0.25, -0.2) is 0 Å². The minimum atomic E-state index is -4.20. The number of ether oxygens (including phenoxy) is 1. The van der Waals surface area contributed by atoms with Gasteiger partial charge in [-0.05, 0) is 11.5 Å². The predicted octanol–water partition coefficient (Wildman–Crippen LogP) is 3.68. The second-order valence-electron chi connectivity index (χ2n) is 4.88. The summed E-state index contributed by atoms with van der Waals surface area (Å²) in [5.41, 5.74) is 6.95. The quantitative estimate of drug-likeness (QED) is 0.859. The first-order valence-corrected chi connectivity index (χ1v) is 6.30. The van der Waals surface area contributed by atoms with E-state index < -0.39 is 24.7 Å². The lowest BCUT2D eigenvalue weighted by atomic mass is 9.94. The Morgan fingerprint density at radius 3 is 2.21 bits per heavy atom. The Labute approximate surface area is 111 Å². The van der Waals surface area contributed by atoms with E-state index in [9.17, 15) is 13.2 Å². The fourth-order valence-corrected chi connectivity index (χ4v) is 1.89. The van der Waals surface area contributed by atoms with Crippen LogP contribution in [0, 0.1) is 5.92 Å². The van der Waals surface area contributed by atoms with Gasteiger partial charge in [0.1, 0.15) is 0 Å². The minimum Gasteiger partial charge on any atom is -0.376 e. The van der Waals surface area contributed by atoms with E-state index in [1.54, 1.807) is 0 Å². The molecule has 0 radical (unpaired) electrons. The van der Waals surface area contributed by atoms with E-state index in [2.05, 4.69) is 0 Å². The maximum atomic E-state index is 12.1. The highest BCUT2D eigenvalue weighted by Gasteiger charge is 2.29. The van der Waals surface area contributed by atoms with Crippen LogP contribution in [0.25, 0.3) is 0 Å². The maximum absolute atomic E-state index is 12.1. The van der Waals surface area contributed by atoms with Crippen molar-refractivity contribution >= 4 is 0 Å². The summed E-state index contributed by atoms with van der Waals surface area (Å²) in [5.74, 6) is 0.0449. The summed E-state index contributed by atoms with van der Waals surface area (Å²) in [7, 11) is 0. The lowest BCUT2D eigenvalue weighted by Crippen LogP contribution is -2.34. The molecule has 5 heteroatoms. The number of alkyl halides is 3. The first-order valence-electron chi connectivity index (χ1n) is 6.30. The lowest BCUT2D eigenvalue weighted by molar-refractivity contribution is -0.152. The molecule has 1 aromatic rings. The zero-order chi connectivity index (χ0) is 14.5. The SMILES string of the molecule is CC(C)C(OCCC(F)(F)F)C(N)c1ccccc1. The molecule has 0 saturated carbocycles. The van der Waals surface area contributed by atoms with Crippen LogP contribution in [-0.4, -0.2) is 18.9 Å². The second-order valence-corrected chi connectivity index (χ2v) is 4.88. The van der Waals surface area contributed by atoms with Crippen molar-refractivity contribution in [3.63, 3.8) is 0 Å². The molecule has 0 heterocycles. The van der Waals surface area contributed by atoms with Gasteiger partial charge in [-0.3, -0.25) is 0 Å². The van der Waals surface area contributed by atoms with Crippen LogP contribution in [0.15, 0.2) is 30.3 Å². The number of hydrogen-bond acceptors (Lipinski definition) is 2. The molecule has 19 heavy (non-hydrogen) atoms. The van der Waals surface area contributed by atoms with Gasteiger partial charge >= 0.3 is 6.18 Å². The topological polar surface area (TPSA) is 35.2 Å². The summed E-state index contributed by atoms with van der Waals surface area (Å²) in [6, 6.07) is 8.85. The van der Waals surface area contributed by atoms with Crippen molar-refractivity contribution in [3.8, 4) is 0 Å². The van der Waals surface area contributed by atoms with Crippen LogP contribution in [0.5, 0.6) is 0 Å². The molecule has 0 aromatic heterocycles. The molecule has 1 aromatic carbocycles. The monoisotopic (exact) mass is 275 g/mol. The van der Waals surface area contributed by atoms with E-state index >= 15 is 0 Å². The van der Waals surface area contributed by atoms with E-state index in [1.165, 1.54) is 0 Å². The summed E-state index contributed by atoms with van der Waals surface area (Å²) in [6.45, 7) is 3.43. The van der Waals surface area contributed by atoms with Gasteiger partial charge in [0, 0.05) is 0 Å². The van der Waals surface area contributed by atoms with Gasteiger partial charge in [0.25, 0.3) is 0 Å². The van der Waals surface area contributed by atoms with Gasteiger partial charge in [0.05, 0.1) is 25.2 Å². The molecule has 0 saturated heterocycles. The Morgan fingerprint density at radius 1 is 1.16 bits per heavy atom. The molecule has 0 aliphatic heterocycles. The van der Waals surface area contributed by atoms with Gasteiger partial charge in [0.2, 0.25) is 0 Å². The summed E-state index contributed by atoms with van der Waals surface area (Å²) in [4.78, 5) is 0. The Bertz CT molecular complexity index is 365. The molecular formula is C14H20F3NO. The van der Waals surface area contributed by atoms with Crippen LogP contribution in [0.2, 0.25) is 0 Å². The first-order chi connectivity index (χ1) is 8.81. The molecule has 0 fully saturated rings. The largest absolute Gasteiger partial charge is 0.391 e. The molecule has 0 spiro atoms. The second kappa shape index (κ2) is 6.91. The van der Waals surface area contributed by atoms with Gasteiger partial charge in [-0.1, -0.05) is 44.2 Å². The molecule has 108 valence electrons. The molecule has 2 nitrogen and oxygen atoms in total. The van der Waals surface area contributed by atoms with E-state index in [1.807, 2.05) is 44.2 Å². The third-order valence-corrected chi connectivity index (χ3v) is 2.89. The predicted molar refractivity (Wildman–Crippen MR) is 68.6 cm³/mol. The van der Waals surface area contributed by atoms with Crippen molar-refractivity contribution in [3.05, 3.63) is 35.9 Å². The minimum absolute atomic E-state index is 0.0449. The van der Waals surface area contributed by atoms with Gasteiger partial charge in [-0.15, -0.1) is 0 Å². The fraction of sp³-hybridized carbons (Fsp3) is 0.571. The molecule has 1 rings (SSSR count). The Kier molecular flexibility index (Phi) is 5.82. The normalized spacial score (nSPS) is 15.5. The molecule has 0 aliphatic rings. The molecule has 2 unspecified atom stereocenters. The van der Waals surface area contributed by atoms with Crippen molar-refractivity contribution in [2.45, 2.75) is 38.6 Å². The number of halogens is 3. The van der Waals surface area contributed by atoms with Crippen molar-refractivity contribution < 1.29 is 17.9 Å². The fourth-order valence-electron chi connectivity index (χ4n) is 1.89. The number of nitrogens with two attached hydrogens (primary N) is 1. The lowest BCUT2D eigenvalue weighted by Gasteiger charge is -2.28. The number of rotatable bonds is 6. The van der Waals surface area contributed by atoms with Gasteiger partial charge in [-0.2, -0.15) is 13.2 Å². The summed E-state index contributed by atoms with van der Waals surface area (Å²) >= 11 is 0. The molecule has 0 aliphatic carbocycles. The van der Waals surface area contributed by atoms with E-state index in [4.69, 9.17) is 10.5 Å². The zero-order valence-corrected chi connectivity index (χ0v) is 11.2. The Hall–Kier alpha value is -1.07. The van der Waals surface area contributed by atoms with Gasteiger partial charge < -0.3 is 10.5 Å². The van der Waals surface area contributed by atoms with Crippen LogP contribution in [0.3, 0.4) is 0 Å². The van der Waals surface area contributed by atoms with Crippen molar-refractivity contribution in [2.75, 3.05) is 6.61 Å². The molecule has 0 bridgehead atoms. The van der Waals surface area contributed by atoms with Crippen molar-refractivity contribution in [1.29, 1.82) is 0 Å². The smallest absolute Gasteiger partial charge is 0.376 e. The van der Waals surface area contributed by atoms with Crippen molar-refractivity contribution in [2.24, 2.45) is 11.7 Å². The van der Waals surface area contributed by atoms with E-state index in [0.717, 1.165) is 5.56 Å². The van der Waals surface area contributed by atoms with Gasteiger partial charge in [0.15, 0.2) is 0 Å². The highest BCUT2D eigenvalue weighted by atomic mass is 19.4. The number of benzene rings is 1. The molecule has 2 N–H and O–H groups in total. The van der Waals surface area contributed by atoms with Crippen LogP contribution in [0.4, 0.5) is 13.2 Å². The highest BCUT2D eigenvalue weighted by Crippen LogP contribution is 2.25. The standard InChI is InChI=1S/C14H20F3NO/c1-10(2)13(19-9-8-14(15,16)17)12(18)11-6-4-3-5-7-11/h3-7,10,12-13H,8-9,18H2,1-2H3. The van der Waals surface area contributed by atoms with Crippen LogP contribution >= 0.6 is 0 Å².